The van der Waals surface area contributed by atoms with Crippen molar-refractivity contribution in [3.63, 3.8) is 0 Å². The van der Waals surface area contributed by atoms with Gasteiger partial charge in [-0.25, -0.2) is 9.97 Å². The zero-order valence-electron chi connectivity index (χ0n) is 16.4. The van der Waals surface area contributed by atoms with E-state index in [2.05, 4.69) is 34.3 Å². The molecule has 148 valence electrons. The lowest BCUT2D eigenvalue weighted by Gasteiger charge is -2.01. The number of nitrogens with zero attached hydrogens (tertiary/aromatic N) is 3. The monoisotopic (exact) mass is 424 g/mol. The highest BCUT2D eigenvalue weighted by molar-refractivity contribution is 7.21. The van der Waals surface area contributed by atoms with Crippen LogP contribution in [0.15, 0.2) is 40.8 Å². The summed E-state index contributed by atoms with van der Waals surface area (Å²) < 4.78 is 1.54. The lowest BCUT2D eigenvalue weighted by Crippen LogP contribution is -2.19. The van der Waals surface area contributed by atoms with E-state index in [1.807, 2.05) is 24.4 Å². The van der Waals surface area contributed by atoms with E-state index >= 15 is 0 Å². The van der Waals surface area contributed by atoms with E-state index < -0.39 is 0 Å². The molecule has 6 nitrogen and oxygen atoms in total. The molecule has 0 radical (unpaired) electrons. The predicted octanol–water partition coefficient (Wildman–Crippen LogP) is 4.72. The highest BCUT2D eigenvalue weighted by Gasteiger charge is 2.20. The molecule has 3 heterocycles. The van der Waals surface area contributed by atoms with E-state index in [1.54, 1.807) is 11.5 Å². The number of amides is 1. The average molecular weight is 425 g/mol. The van der Waals surface area contributed by atoms with Crippen LogP contribution in [0.3, 0.4) is 0 Å². The van der Waals surface area contributed by atoms with E-state index in [-0.39, 0.29) is 11.5 Å². The third kappa shape index (κ3) is 3.61. The number of carbonyl (C=O) groups excluding carboxylic acids is 1. The number of nitrogens with one attached hydrogen (secondary N) is 1. The number of rotatable bonds is 5. The van der Waals surface area contributed by atoms with Gasteiger partial charge in [-0.15, -0.1) is 22.7 Å². The van der Waals surface area contributed by atoms with Crippen molar-refractivity contribution in [1.82, 2.24) is 14.5 Å². The summed E-state index contributed by atoms with van der Waals surface area (Å²) in [5, 5.41) is 5.83. The van der Waals surface area contributed by atoms with Crippen molar-refractivity contribution in [2.75, 3.05) is 5.32 Å². The topological polar surface area (TPSA) is 76.9 Å². The molecule has 29 heavy (non-hydrogen) atoms. The van der Waals surface area contributed by atoms with Crippen molar-refractivity contribution in [2.45, 2.75) is 33.7 Å². The second-order valence-electron chi connectivity index (χ2n) is 6.61. The normalized spacial score (nSPS) is 11.1. The molecule has 1 N–H and O–H groups in total. The van der Waals surface area contributed by atoms with Gasteiger partial charge in [0.2, 0.25) is 0 Å². The summed E-state index contributed by atoms with van der Waals surface area (Å²) in [7, 11) is 0. The van der Waals surface area contributed by atoms with Gasteiger partial charge in [-0.1, -0.05) is 31.2 Å². The van der Waals surface area contributed by atoms with Crippen molar-refractivity contribution < 1.29 is 4.79 Å². The maximum absolute atomic E-state index is 12.8. The van der Waals surface area contributed by atoms with E-state index in [9.17, 15) is 9.59 Å². The van der Waals surface area contributed by atoms with Gasteiger partial charge in [0, 0.05) is 17.5 Å². The number of anilines is 1. The Labute approximate surface area is 175 Å². The molecule has 0 aliphatic carbocycles. The van der Waals surface area contributed by atoms with Gasteiger partial charge in [0.1, 0.15) is 4.83 Å². The summed E-state index contributed by atoms with van der Waals surface area (Å²) in [5.74, 6) is -0.268. The smallest absolute Gasteiger partial charge is 0.267 e. The fraction of sp³-hybridized carbons (Fsp3) is 0.238. The first-order valence-corrected chi connectivity index (χ1v) is 11.1. The molecule has 0 unspecified atom stereocenters. The van der Waals surface area contributed by atoms with Crippen LogP contribution in [0.2, 0.25) is 0 Å². The van der Waals surface area contributed by atoms with Crippen molar-refractivity contribution in [2.24, 2.45) is 0 Å². The number of fused-ring (bicyclic) bond motifs is 1. The summed E-state index contributed by atoms with van der Waals surface area (Å²) in [5.41, 5.74) is 3.66. The minimum absolute atomic E-state index is 0.114. The molecule has 0 aliphatic rings. The Bertz CT molecular complexity index is 1250. The third-order valence-corrected chi connectivity index (χ3v) is 6.80. The molecule has 3 aromatic heterocycles. The summed E-state index contributed by atoms with van der Waals surface area (Å²) >= 11 is 2.61. The van der Waals surface area contributed by atoms with Crippen LogP contribution in [0.1, 0.15) is 34.6 Å². The molecular formula is C21H20N4O2S2. The second kappa shape index (κ2) is 7.88. The number of thiazole rings is 1. The Morgan fingerprint density at radius 1 is 1.21 bits per heavy atom. The van der Waals surface area contributed by atoms with E-state index in [4.69, 9.17) is 0 Å². The zero-order valence-corrected chi connectivity index (χ0v) is 18.0. The number of thiophene rings is 1. The first-order chi connectivity index (χ1) is 14.0. The lowest BCUT2D eigenvalue weighted by molar-refractivity contribution is 0.103. The van der Waals surface area contributed by atoms with Crippen molar-refractivity contribution >= 4 is 43.9 Å². The first-order valence-electron chi connectivity index (χ1n) is 9.36. The van der Waals surface area contributed by atoms with Crippen LogP contribution in [0.5, 0.6) is 0 Å². The number of hydrogen-bond acceptors (Lipinski definition) is 6. The van der Waals surface area contributed by atoms with Gasteiger partial charge in [0.25, 0.3) is 11.5 Å². The van der Waals surface area contributed by atoms with E-state index in [1.165, 1.54) is 34.6 Å². The molecule has 0 atom stereocenters. The van der Waals surface area contributed by atoms with E-state index in [0.29, 0.717) is 32.3 Å². The quantitative estimate of drug-likeness (QED) is 0.503. The van der Waals surface area contributed by atoms with Gasteiger partial charge in [0.15, 0.2) is 5.13 Å². The Morgan fingerprint density at radius 3 is 2.66 bits per heavy atom. The standard InChI is InChI=1S/C21H20N4O2S2/c1-4-13-6-8-14(9-7-13)15-10-28-21(23-15)24-18(26)17-12(3)16-19(29-17)22-11-25(5-2)20(16)27/h6-11H,4-5H2,1-3H3,(H,23,24,26). The zero-order chi connectivity index (χ0) is 20.5. The fourth-order valence-electron chi connectivity index (χ4n) is 3.13. The number of carbonyl (C=O) groups is 1. The Morgan fingerprint density at radius 2 is 1.97 bits per heavy atom. The minimum atomic E-state index is -0.268. The number of benzene rings is 1. The summed E-state index contributed by atoms with van der Waals surface area (Å²) in [6, 6.07) is 8.26. The maximum Gasteiger partial charge on any atom is 0.267 e. The Balaban J connectivity index is 1.60. The third-order valence-electron chi connectivity index (χ3n) is 4.85. The lowest BCUT2D eigenvalue weighted by atomic mass is 10.1. The predicted molar refractivity (Wildman–Crippen MR) is 119 cm³/mol. The van der Waals surface area contributed by atoms with Gasteiger partial charge in [-0.3, -0.25) is 19.5 Å². The number of aromatic nitrogens is 3. The first kappa shape index (κ1) is 19.5. The van der Waals surface area contributed by atoms with Gasteiger partial charge in [-0.05, 0) is 31.4 Å². The molecule has 0 aliphatic heterocycles. The summed E-state index contributed by atoms with van der Waals surface area (Å²) in [6.45, 7) is 6.34. The summed E-state index contributed by atoms with van der Waals surface area (Å²) in [6.07, 6.45) is 2.52. The van der Waals surface area contributed by atoms with Crippen LogP contribution in [-0.2, 0) is 13.0 Å². The van der Waals surface area contributed by atoms with Crippen molar-refractivity contribution in [1.29, 1.82) is 0 Å². The highest BCUT2D eigenvalue weighted by Crippen LogP contribution is 2.29. The van der Waals surface area contributed by atoms with Crippen LogP contribution >= 0.6 is 22.7 Å². The summed E-state index contributed by atoms with van der Waals surface area (Å²) in [4.78, 5) is 35.3. The number of hydrogen-bond donors (Lipinski definition) is 1. The molecule has 0 spiro atoms. The van der Waals surface area contributed by atoms with Gasteiger partial charge in [0.05, 0.1) is 22.3 Å². The molecule has 0 saturated heterocycles. The Kier molecular flexibility index (Phi) is 5.29. The van der Waals surface area contributed by atoms with E-state index in [0.717, 1.165) is 17.7 Å². The van der Waals surface area contributed by atoms with Crippen LogP contribution in [0.25, 0.3) is 21.5 Å². The highest BCUT2D eigenvalue weighted by atomic mass is 32.1. The Hall–Kier alpha value is -2.84. The van der Waals surface area contributed by atoms with Gasteiger partial charge in [-0.2, -0.15) is 0 Å². The van der Waals surface area contributed by atoms with Crippen LogP contribution in [-0.4, -0.2) is 20.4 Å². The van der Waals surface area contributed by atoms with Gasteiger partial charge >= 0.3 is 0 Å². The molecule has 0 fully saturated rings. The fourth-order valence-corrected chi connectivity index (χ4v) is 4.88. The van der Waals surface area contributed by atoms with Crippen molar-refractivity contribution in [3.05, 3.63) is 62.3 Å². The largest absolute Gasteiger partial charge is 0.299 e. The molecule has 4 aromatic rings. The molecule has 1 aromatic carbocycles. The van der Waals surface area contributed by atoms with Crippen molar-refractivity contribution in [3.8, 4) is 11.3 Å². The second-order valence-corrected chi connectivity index (χ2v) is 8.47. The molecule has 4 rings (SSSR count). The SMILES string of the molecule is CCc1ccc(-c2csc(NC(=O)c3sc4ncn(CC)c(=O)c4c3C)n2)cc1. The maximum atomic E-state index is 12.8. The molecule has 0 bridgehead atoms. The molecule has 8 heteroatoms. The molecular weight excluding hydrogens is 404 g/mol. The average Bonchev–Trinajstić information content (AvgIpc) is 3.33. The van der Waals surface area contributed by atoms with Crippen LogP contribution < -0.4 is 10.9 Å². The van der Waals surface area contributed by atoms with Crippen LogP contribution in [0, 0.1) is 6.92 Å². The van der Waals surface area contributed by atoms with Crippen LogP contribution in [0.4, 0.5) is 5.13 Å². The minimum Gasteiger partial charge on any atom is -0.299 e. The van der Waals surface area contributed by atoms with Gasteiger partial charge < -0.3 is 0 Å². The number of aryl methyl sites for hydroxylation is 3. The molecule has 1 amide bonds. The molecule has 0 saturated carbocycles.